The van der Waals surface area contributed by atoms with E-state index in [9.17, 15) is 0 Å². The van der Waals surface area contributed by atoms with Crippen molar-refractivity contribution in [2.75, 3.05) is 6.61 Å². The number of ether oxygens (including phenoxy) is 1. The van der Waals surface area contributed by atoms with Crippen LogP contribution in [0, 0.1) is 12.3 Å². The van der Waals surface area contributed by atoms with Crippen molar-refractivity contribution in [3.05, 3.63) is 182 Å². The van der Waals surface area contributed by atoms with Gasteiger partial charge in [0.05, 0.1) is 18.8 Å². The van der Waals surface area contributed by atoms with Gasteiger partial charge in [-0.25, -0.2) is 0 Å². The summed E-state index contributed by atoms with van der Waals surface area (Å²) in [4.78, 5) is 0. The lowest BCUT2D eigenvalue weighted by Gasteiger charge is -2.53. The highest BCUT2D eigenvalue weighted by atomic mass is 28.4. The summed E-state index contributed by atoms with van der Waals surface area (Å²) in [6.45, 7) is 21.2. The van der Waals surface area contributed by atoms with E-state index in [-0.39, 0.29) is 21.7 Å². The third-order valence-corrected chi connectivity index (χ3v) is 28.2. The van der Waals surface area contributed by atoms with Gasteiger partial charge in [-0.2, -0.15) is 0 Å². The summed E-state index contributed by atoms with van der Waals surface area (Å²) in [6.07, 6.45) is 4.81. The SMILES string of the molecule is C#C[C@H]1C[C@@H](O[Si](c2ccccc2)(c2ccccc2)C(C)(C)C)[C@H](O[Si](c2ccccc2)(c2ccccc2)C(C)(C)C)[C@@H](CO[Si](c2ccccc2)(c2ccccc2)C(C)(C)C)O1. The number of hydrogen-bond donors (Lipinski definition) is 0. The Morgan fingerprint density at radius 1 is 0.460 bits per heavy atom. The minimum atomic E-state index is -3.21. The Bertz CT molecular complexity index is 2270. The van der Waals surface area contributed by atoms with Gasteiger partial charge >= 0.3 is 0 Å². The summed E-state index contributed by atoms with van der Waals surface area (Å²) in [5, 5.41) is 6.35. The van der Waals surface area contributed by atoms with Crippen molar-refractivity contribution in [3.8, 4) is 12.3 Å². The zero-order chi connectivity index (χ0) is 44.9. The maximum atomic E-state index is 8.30. The Kier molecular flexibility index (Phi) is 13.9. The molecular weight excluding hydrogens is 821 g/mol. The van der Waals surface area contributed by atoms with Crippen molar-refractivity contribution in [3.63, 3.8) is 0 Å². The van der Waals surface area contributed by atoms with Crippen LogP contribution in [0.15, 0.2) is 182 Å². The standard InChI is InChI=1S/C56H66O4Si3/c1-11-44-42-51(59-62(55(5,6)7,47-34-22-14-23-35-47)48-36-24-15-25-37-48)53(60-63(56(8,9)10,49-38-26-16-27-39-49)50-40-28-17-29-41-50)52(58-44)43-57-61(54(2,3)4,45-30-18-12-19-31-45)46-32-20-13-21-33-46/h1,12-41,44,51-53H,42-43H2,2-10H3/t44-,51+,52+,53-/m0/s1. The summed E-state index contributed by atoms with van der Waals surface area (Å²) >= 11 is 0. The van der Waals surface area contributed by atoms with Crippen LogP contribution in [0.3, 0.4) is 0 Å². The molecule has 0 radical (unpaired) electrons. The molecule has 0 bridgehead atoms. The van der Waals surface area contributed by atoms with Crippen molar-refractivity contribution in [2.45, 2.75) is 108 Å². The van der Waals surface area contributed by atoms with Gasteiger partial charge in [0.1, 0.15) is 12.2 Å². The largest absolute Gasteiger partial charge is 0.405 e. The molecule has 6 aromatic rings. The molecule has 0 spiro atoms. The average Bonchev–Trinajstić information content (AvgIpc) is 3.28. The van der Waals surface area contributed by atoms with Crippen molar-refractivity contribution in [2.24, 2.45) is 0 Å². The Morgan fingerprint density at radius 2 is 0.746 bits per heavy atom. The lowest BCUT2D eigenvalue weighted by molar-refractivity contribution is -0.152. The van der Waals surface area contributed by atoms with Gasteiger partial charge in [0, 0.05) is 6.42 Å². The van der Waals surface area contributed by atoms with Crippen molar-refractivity contribution >= 4 is 56.1 Å². The molecule has 1 saturated heterocycles. The summed E-state index contributed by atoms with van der Waals surface area (Å²) < 4.78 is 31.5. The van der Waals surface area contributed by atoms with Crippen LogP contribution >= 0.6 is 0 Å². The first kappa shape index (κ1) is 46.4. The predicted molar refractivity (Wildman–Crippen MR) is 271 cm³/mol. The summed E-state index contributed by atoms with van der Waals surface area (Å²) in [6, 6.07) is 65.1. The molecule has 0 unspecified atom stereocenters. The lowest BCUT2D eigenvalue weighted by atomic mass is 9.98. The Balaban J connectivity index is 1.48. The third kappa shape index (κ3) is 8.93. The molecule has 7 rings (SSSR count). The minimum Gasteiger partial charge on any atom is -0.405 e. The molecular formula is C56H66O4Si3. The zero-order valence-electron chi connectivity index (χ0n) is 38.8. The van der Waals surface area contributed by atoms with E-state index < -0.39 is 49.4 Å². The quantitative estimate of drug-likeness (QED) is 0.0857. The monoisotopic (exact) mass is 886 g/mol. The first-order chi connectivity index (χ1) is 30.1. The topological polar surface area (TPSA) is 36.9 Å². The van der Waals surface area contributed by atoms with Crippen LogP contribution in [0.4, 0.5) is 0 Å². The van der Waals surface area contributed by atoms with Crippen LogP contribution in [-0.2, 0) is 18.0 Å². The smallest absolute Gasteiger partial charge is 0.261 e. The molecule has 0 saturated carbocycles. The van der Waals surface area contributed by atoms with Crippen LogP contribution in [0.5, 0.6) is 0 Å². The van der Waals surface area contributed by atoms with Crippen molar-refractivity contribution in [1.82, 2.24) is 0 Å². The van der Waals surface area contributed by atoms with Gasteiger partial charge in [-0.15, -0.1) is 6.42 Å². The number of rotatable bonds is 13. The fourth-order valence-electron chi connectivity index (χ4n) is 10.2. The van der Waals surface area contributed by atoms with Crippen molar-refractivity contribution in [1.29, 1.82) is 0 Å². The molecule has 63 heavy (non-hydrogen) atoms. The van der Waals surface area contributed by atoms with E-state index in [1.54, 1.807) is 0 Å². The maximum Gasteiger partial charge on any atom is 0.261 e. The number of hydrogen-bond acceptors (Lipinski definition) is 4. The molecule has 6 aromatic carbocycles. The molecule has 1 aliphatic rings. The molecule has 1 heterocycles. The van der Waals surface area contributed by atoms with Gasteiger partial charge in [0.25, 0.3) is 25.0 Å². The molecule has 0 aromatic heterocycles. The van der Waals surface area contributed by atoms with Gasteiger partial charge in [-0.3, -0.25) is 0 Å². The number of terminal acetylenes is 1. The number of benzene rings is 6. The zero-order valence-corrected chi connectivity index (χ0v) is 41.8. The average molecular weight is 887 g/mol. The lowest BCUT2D eigenvalue weighted by Crippen LogP contribution is -2.73. The highest BCUT2D eigenvalue weighted by Gasteiger charge is 2.59. The molecule has 0 N–H and O–H groups in total. The molecule has 0 amide bonds. The van der Waals surface area contributed by atoms with Gasteiger partial charge < -0.3 is 18.0 Å². The summed E-state index contributed by atoms with van der Waals surface area (Å²) in [5.74, 6) is 3.06. The third-order valence-electron chi connectivity index (χ3n) is 13.1. The second kappa shape index (κ2) is 18.8. The van der Waals surface area contributed by atoms with E-state index in [0.29, 0.717) is 6.42 Å². The fourth-order valence-corrected chi connectivity index (χ4v) is 24.2. The molecule has 4 nitrogen and oxygen atoms in total. The van der Waals surface area contributed by atoms with E-state index in [1.807, 2.05) is 0 Å². The van der Waals surface area contributed by atoms with E-state index in [4.69, 9.17) is 24.4 Å². The van der Waals surface area contributed by atoms with E-state index >= 15 is 0 Å². The minimum absolute atomic E-state index is 0.255. The van der Waals surface area contributed by atoms with Gasteiger partial charge in [0.2, 0.25) is 0 Å². The van der Waals surface area contributed by atoms with Crippen LogP contribution in [-0.4, -0.2) is 56.0 Å². The van der Waals surface area contributed by atoms with Gasteiger partial charge in [-0.05, 0) is 46.2 Å². The first-order valence-corrected chi connectivity index (χ1v) is 28.3. The summed E-state index contributed by atoms with van der Waals surface area (Å²) in [7, 11) is -9.39. The molecule has 0 aliphatic carbocycles. The van der Waals surface area contributed by atoms with E-state index in [0.717, 1.165) is 0 Å². The van der Waals surface area contributed by atoms with Crippen LogP contribution < -0.4 is 31.1 Å². The van der Waals surface area contributed by atoms with Crippen LogP contribution in [0.2, 0.25) is 15.1 Å². The second-order valence-corrected chi connectivity index (χ2v) is 32.9. The Morgan fingerprint density at radius 3 is 1.03 bits per heavy atom. The highest BCUT2D eigenvalue weighted by molar-refractivity contribution is 7.01. The molecule has 1 aliphatic heterocycles. The molecule has 1 fully saturated rings. The molecule has 4 atom stereocenters. The molecule has 7 heteroatoms. The second-order valence-electron chi connectivity index (χ2n) is 20.1. The summed E-state index contributed by atoms with van der Waals surface area (Å²) in [5.41, 5.74) is 0. The first-order valence-electron chi connectivity index (χ1n) is 22.5. The molecule has 326 valence electrons. The normalized spacial score (nSPS) is 19.0. The van der Waals surface area contributed by atoms with Crippen LogP contribution in [0.25, 0.3) is 0 Å². The fraction of sp³-hybridized carbons (Fsp3) is 0.321. The van der Waals surface area contributed by atoms with Gasteiger partial charge in [-0.1, -0.05) is 250 Å². The van der Waals surface area contributed by atoms with Crippen molar-refractivity contribution < 1.29 is 18.0 Å². The Labute approximate surface area is 381 Å². The van der Waals surface area contributed by atoms with E-state index in [1.165, 1.54) is 31.1 Å². The van der Waals surface area contributed by atoms with Crippen LogP contribution in [0.1, 0.15) is 68.7 Å². The highest BCUT2D eigenvalue weighted by Crippen LogP contribution is 2.44. The Hall–Kier alpha value is -4.63. The predicted octanol–water partition coefficient (Wildman–Crippen LogP) is 9.24. The van der Waals surface area contributed by atoms with Gasteiger partial charge in [0.15, 0.2) is 0 Å². The maximum absolute atomic E-state index is 8.30. The van der Waals surface area contributed by atoms with E-state index in [2.05, 4.69) is 250 Å².